The van der Waals surface area contributed by atoms with Crippen molar-refractivity contribution >= 4 is 14.3 Å². The highest BCUT2D eigenvalue weighted by Crippen LogP contribution is 2.43. The Morgan fingerprint density at radius 3 is 1.90 bits per heavy atom. The first kappa shape index (κ1) is 20.4. The minimum Gasteiger partial charge on any atom is -0.467 e. The Hall–Kier alpha value is -0.613. The maximum absolute atomic E-state index is 12.1. The third-order valence-electron chi connectivity index (χ3n) is 4.39. The lowest BCUT2D eigenvalue weighted by atomic mass is 10.1. The van der Waals surface area contributed by atoms with E-state index in [0.717, 1.165) is 12.8 Å². The number of hydrogen-bond donors (Lipinski definition) is 0. The third-order valence-corrected chi connectivity index (χ3v) is 10.5. The number of unbranched alkanes of at least 4 members (excludes halogenated alkanes) is 1. The van der Waals surface area contributed by atoms with Gasteiger partial charge in [-0.1, -0.05) is 47.6 Å². The molecule has 0 aliphatic rings. The van der Waals surface area contributed by atoms with Crippen LogP contribution in [0.4, 0.5) is 0 Å². The van der Waals surface area contributed by atoms with Crippen molar-refractivity contribution in [2.75, 3.05) is 7.11 Å². The van der Waals surface area contributed by atoms with Crippen molar-refractivity contribution < 1.29 is 14.0 Å². The van der Waals surface area contributed by atoms with Crippen molar-refractivity contribution in [2.24, 2.45) is 0 Å². The number of allylic oxidation sites excluding steroid dienone is 1. The maximum Gasteiger partial charge on any atom is 0.333 e. The average Bonchev–Trinajstić information content (AvgIpc) is 2.40. The number of rotatable bonds is 10. The Morgan fingerprint density at radius 2 is 1.57 bits per heavy atom. The van der Waals surface area contributed by atoms with Crippen LogP contribution in [0.25, 0.3) is 0 Å². The van der Waals surface area contributed by atoms with Gasteiger partial charge in [-0.3, -0.25) is 0 Å². The number of esters is 1. The van der Waals surface area contributed by atoms with E-state index in [0.29, 0.717) is 23.0 Å². The summed E-state index contributed by atoms with van der Waals surface area (Å²) in [5, 5.41) is 0. The van der Waals surface area contributed by atoms with Crippen LogP contribution in [0.3, 0.4) is 0 Å². The van der Waals surface area contributed by atoms with E-state index in [-0.39, 0.29) is 5.97 Å². The summed E-state index contributed by atoms with van der Waals surface area (Å²) in [6.07, 6.45) is 3.96. The molecular formula is C17H34O3Si. The molecule has 0 saturated carbocycles. The zero-order chi connectivity index (χ0) is 16.6. The van der Waals surface area contributed by atoms with Gasteiger partial charge in [0.1, 0.15) is 6.10 Å². The molecule has 0 aromatic carbocycles. The van der Waals surface area contributed by atoms with Crippen molar-refractivity contribution in [2.45, 2.75) is 83.5 Å². The molecular weight excluding hydrogens is 280 g/mol. The fourth-order valence-electron chi connectivity index (χ4n) is 3.46. The number of carbonyl (C=O) groups is 1. The number of hydrogen-bond acceptors (Lipinski definition) is 3. The van der Waals surface area contributed by atoms with Gasteiger partial charge in [-0.25, -0.2) is 4.79 Å². The molecule has 0 fully saturated rings. The van der Waals surface area contributed by atoms with Crippen molar-refractivity contribution in [3.63, 3.8) is 0 Å². The second kappa shape index (κ2) is 9.41. The Balaban J connectivity index is 5.28. The Labute approximate surface area is 132 Å². The van der Waals surface area contributed by atoms with E-state index in [2.05, 4.69) is 48.1 Å². The summed E-state index contributed by atoms with van der Waals surface area (Å²) in [7, 11) is -0.617. The minimum atomic E-state index is -2.06. The van der Waals surface area contributed by atoms with Gasteiger partial charge in [-0.05, 0) is 35.9 Å². The van der Waals surface area contributed by atoms with Crippen molar-refractivity contribution in [3.05, 3.63) is 12.7 Å². The molecule has 0 rings (SSSR count). The van der Waals surface area contributed by atoms with E-state index in [1.54, 1.807) is 0 Å². The van der Waals surface area contributed by atoms with Crippen LogP contribution < -0.4 is 0 Å². The molecule has 0 saturated heterocycles. The van der Waals surface area contributed by atoms with Crippen LogP contribution in [0.1, 0.15) is 60.8 Å². The first-order chi connectivity index (χ1) is 9.73. The monoisotopic (exact) mass is 314 g/mol. The Kier molecular flexibility index (Phi) is 9.14. The van der Waals surface area contributed by atoms with Gasteiger partial charge < -0.3 is 9.16 Å². The number of methoxy groups -OCH3 is 1. The summed E-state index contributed by atoms with van der Waals surface area (Å²) in [5.74, 6) is -0.238. The summed E-state index contributed by atoms with van der Waals surface area (Å²) < 4.78 is 11.5. The van der Waals surface area contributed by atoms with E-state index in [9.17, 15) is 4.79 Å². The van der Waals surface area contributed by atoms with Gasteiger partial charge in [0.05, 0.1) is 7.11 Å². The average molecular weight is 315 g/mol. The molecule has 0 aromatic rings. The summed E-state index contributed by atoms with van der Waals surface area (Å²) in [6.45, 7) is 17.1. The summed E-state index contributed by atoms with van der Waals surface area (Å²) in [5.41, 5.74) is 1.39. The van der Waals surface area contributed by atoms with E-state index in [4.69, 9.17) is 9.16 Å². The van der Waals surface area contributed by atoms with Crippen LogP contribution in [-0.2, 0) is 14.0 Å². The molecule has 0 heterocycles. The molecule has 0 aliphatic carbocycles. The molecule has 0 N–H and O–H groups in total. The topological polar surface area (TPSA) is 35.5 Å². The van der Waals surface area contributed by atoms with Crippen LogP contribution >= 0.6 is 0 Å². The maximum atomic E-state index is 12.1. The lowest BCUT2D eigenvalue weighted by Crippen LogP contribution is -2.51. The lowest BCUT2D eigenvalue weighted by Gasteiger charge is -2.44. The predicted octanol–water partition coefficient (Wildman–Crippen LogP) is 5.08. The van der Waals surface area contributed by atoms with Gasteiger partial charge in [-0.15, -0.1) is 6.58 Å². The van der Waals surface area contributed by atoms with Gasteiger partial charge in [0.2, 0.25) is 8.32 Å². The highest BCUT2D eigenvalue weighted by molar-refractivity contribution is 6.77. The Bertz CT molecular complexity index is 302. The minimum absolute atomic E-state index is 0.238. The molecule has 0 radical (unpaired) electrons. The Morgan fingerprint density at radius 1 is 1.10 bits per heavy atom. The molecule has 4 heteroatoms. The molecule has 21 heavy (non-hydrogen) atoms. The first-order valence-corrected chi connectivity index (χ1v) is 10.2. The fraction of sp³-hybridized carbons (Fsp3) is 0.824. The molecule has 1 atom stereocenters. The van der Waals surface area contributed by atoms with Crippen molar-refractivity contribution in [3.8, 4) is 0 Å². The molecule has 124 valence electrons. The molecule has 3 nitrogen and oxygen atoms in total. The van der Waals surface area contributed by atoms with Crippen LogP contribution in [0.2, 0.25) is 16.6 Å². The highest BCUT2D eigenvalue weighted by Gasteiger charge is 2.47. The van der Waals surface area contributed by atoms with Gasteiger partial charge in [0.25, 0.3) is 0 Å². The SMILES string of the molecule is C=CCCCC(O[Si](C(C)C)(C(C)C)C(C)C)C(=O)OC. The summed E-state index contributed by atoms with van der Waals surface area (Å²) in [6, 6.07) is 0. The fourth-order valence-corrected chi connectivity index (χ4v) is 8.98. The largest absolute Gasteiger partial charge is 0.467 e. The molecule has 0 aromatic heterocycles. The molecule has 0 spiro atoms. The lowest BCUT2D eigenvalue weighted by molar-refractivity contribution is -0.149. The first-order valence-electron chi connectivity index (χ1n) is 8.10. The molecule has 1 unspecified atom stereocenters. The summed E-state index contributed by atoms with van der Waals surface area (Å²) in [4.78, 5) is 12.1. The predicted molar refractivity (Wildman–Crippen MR) is 92.0 cm³/mol. The highest BCUT2D eigenvalue weighted by atomic mass is 28.4. The van der Waals surface area contributed by atoms with Gasteiger partial charge in [-0.2, -0.15) is 0 Å². The smallest absolute Gasteiger partial charge is 0.333 e. The summed E-state index contributed by atoms with van der Waals surface area (Å²) >= 11 is 0. The third kappa shape index (κ3) is 5.26. The molecule has 0 bridgehead atoms. The van der Waals surface area contributed by atoms with Gasteiger partial charge in [0, 0.05) is 0 Å². The standard InChI is InChI=1S/C17H34O3Si/c1-9-10-11-12-16(17(18)19-8)20-21(13(2)3,14(4)5)15(6)7/h9,13-16H,1,10-12H2,2-8H3. The van der Waals surface area contributed by atoms with Crippen molar-refractivity contribution in [1.29, 1.82) is 0 Å². The number of carbonyl (C=O) groups excluding carboxylic acids is 1. The van der Waals surface area contributed by atoms with E-state index in [1.807, 2.05) is 6.08 Å². The zero-order valence-electron chi connectivity index (χ0n) is 14.9. The molecule has 0 amide bonds. The molecule has 0 aliphatic heterocycles. The van der Waals surface area contributed by atoms with Crippen LogP contribution in [0, 0.1) is 0 Å². The quantitative estimate of drug-likeness (QED) is 0.244. The van der Waals surface area contributed by atoms with Crippen LogP contribution in [0.15, 0.2) is 12.7 Å². The van der Waals surface area contributed by atoms with Crippen molar-refractivity contribution in [1.82, 2.24) is 0 Å². The number of ether oxygens (including phenoxy) is 1. The van der Waals surface area contributed by atoms with E-state index >= 15 is 0 Å². The zero-order valence-corrected chi connectivity index (χ0v) is 15.9. The van der Waals surface area contributed by atoms with Crippen LogP contribution in [0.5, 0.6) is 0 Å². The van der Waals surface area contributed by atoms with Gasteiger partial charge in [0.15, 0.2) is 0 Å². The van der Waals surface area contributed by atoms with Gasteiger partial charge >= 0.3 is 5.97 Å². The second-order valence-corrected chi connectivity index (χ2v) is 12.1. The van der Waals surface area contributed by atoms with Crippen LogP contribution in [-0.4, -0.2) is 27.5 Å². The normalized spacial score (nSPS) is 13.8. The van der Waals surface area contributed by atoms with E-state index < -0.39 is 14.4 Å². The van der Waals surface area contributed by atoms with E-state index in [1.165, 1.54) is 7.11 Å². The second-order valence-electron chi connectivity index (χ2n) is 6.67.